The van der Waals surface area contributed by atoms with E-state index < -0.39 is 0 Å². The van der Waals surface area contributed by atoms with Crippen molar-refractivity contribution in [3.8, 4) is 5.75 Å². The fraction of sp³-hybridized carbons (Fsp3) is 0.0833. The third-order valence-electron chi connectivity index (χ3n) is 4.66. The standard InChI is InChI=1S/C24H18Cl2FN3O2/c25-19-9-2-4-11-22(19)32-15-16-6-5-8-17(12-16)24(31)28-23-20(26)14-30(29-23)13-18-7-1-3-10-21(18)27/h1-12,14H,13,15H2,(H,28,29,31). The summed E-state index contributed by atoms with van der Waals surface area (Å²) in [7, 11) is 0. The van der Waals surface area contributed by atoms with Crippen LogP contribution in [0.15, 0.2) is 79.0 Å². The van der Waals surface area contributed by atoms with Gasteiger partial charge in [0.1, 0.15) is 23.2 Å². The topological polar surface area (TPSA) is 56.2 Å². The number of aromatic nitrogens is 2. The number of para-hydroxylation sites is 1. The minimum absolute atomic E-state index is 0.192. The van der Waals surface area contributed by atoms with Gasteiger partial charge in [0.05, 0.1) is 11.6 Å². The summed E-state index contributed by atoms with van der Waals surface area (Å²) in [4.78, 5) is 12.7. The van der Waals surface area contributed by atoms with Gasteiger partial charge in [-0.25, -0.2) is 4.39 Å². The Morgan fingerprint density at radius 3 is 2.59 bits per heavy atom. The highest BCUT2D eigenvalue weighted by Crippen LogP contribution is 2.25. The lowest BCUT2D eigenvalue weighted by Crippen LogP contribution is -2.13. The molecule has 4 aromatic rings. The number of ether oxygens (including phenoxy) is 1. The minimum Gasteiger partial charge on any atom is -0.487 e. The molecule has 0 aliphatic rings. The molecule has 0 atom stereocenters. The molecule has 0 bridgehead atoms. The number of benzene rings is 3. The van der Waals surface area contributed by atoms with Gasteiger partial charge in [-0.05, 0) is 35.9 Å². The van der Waals surface area contributed by atoms with Gasteiger partial charge in [0.2, 0.25) is 0 Å². The highest BCUT2D eigenvalue weighted by atomic mass is 35.5. The van der Waals surface area contributed by atoms with Crippen molar-refractivity contribution < 1.29 is 13.9 Å². The quantitative estimate of drug-likeness (QED) is 0.350. The van der Waals surface area contributed by atoms with Crippen molar-refractivity contribution in [2.24, 2.45) is 0 Å². The Bertz CT molecular complexity index is 1260. The van der Waals surface area contributed by atoms with E-state index >= 15 is 0 Å². The number of halogens is 3. The fourth-order valence-corrected chi connectivity index (χ4v) is 3.46. The van der Waals surface area contributed by atoms with Crippen LogP contribution in [0.25, 0.3) is 0 Å². The molecule has 8 heteroatoms. The van der Waals surface area contributed by atoms with E-state index in [0.717, 1.165) is 5.56 Å². The van der Waals surface area contributed by atoms with Crippen LogP contribution >= 0.6 is 23.2 Å². The molecule has 0 aliphatic carbocycles. The first-order chi connectivity index (χ1) is 15.5. The van der Waals surface area contributed by atoms with E-state index in [2.05, 4.69) is 10.4 Å². The van der Waals surface area contributed by atoms with Crippen LogP contribution in [0.4, 0.5) is 10.2 Å². The highest BCUT2D eigenvalue weighted by Gasteiger charge is 2.14. The molecule has 5 nitrogen and oxygen atoms in total. The lowest BCUT2D eigenvalue weighted by atomic mass is 10.1. The molecular weight excluding hydrogens is 452 g/mol. The number of carbonyl (C=O) groups excluding carboxylic acids is 1. The van der Waals surface area contributed by atoms with Gasteiger partial charge in [0.25, 0.3) is 5.91 Å². The summed E-state index contributed by atoms with van der Waals surface area (Å²) in [5.41, 5.74) is 1.69. The lowest BCUT2D eigenvalue weighted by Gasteiger charge is -2.09. The first-order valence-electron chi connectivity index (χ1n) is 9.73. The zero-order valence-electron chi connectivity index (χ0n) is 16.8. The average molecular weight is 470 g/mol. The zero-order valence-corrected chi connectivity index (χ0v) is 18.3. The molecule has 0 fully saturated rings. The van der Waals surface area contributed by atoms with Crippen molar-refractivity contribution in [3.63, 3.8) is 0 Å². The van der Waals surface area contributed by atoms with E-state index in [4.69, 9.17) is 27.9 Å². The lowest BCUT2D eigenvalue weighted by molar-refractivity contribution is 0.102. The number of rotatable bonds is 7. The summed E-state index contributed by atoms with van der Waals surface area (Å²) in [6.45, 7) is 0.444. The van der Waals surface area contributed by atoms with Gasteiger partial charge >= 0.3 is 0 Å². The van der Waals surface area contributed by atoms with Crippen LogP contribution in [0.2, 0.25) is 10.0 Å². The normalized spacial score (nSPS) is 10.7. The molecule has 0 radical (unpaired) electrons. The van der Waals surface area contributed by atoms with Crippen molar-refractivity contribution >= 4 is 34.9 Å². The third-order valence-corrected chi connectivity index (χ3v) is 5.25. The van der Waals surface area contributed by atoms with Crippen molar-refractivity contribution in [2.45, 2.75) is 13.2 Å². The molecule has 1 amide bonds. The second-order valence-corrected chi connectivity index (χ2v) is 7.80. The maximum atomic E-state index is 13.9. The van der Waals surface area contributed by atoms with E-state index in [1.165, 1.54) is 16.9 Å². The van der Waals surface area contributed by atoms with Crippen LogP contribution in [0.3, 0.4) is 0 Å². The van der Waals surface area contributed by atoms with Crippen molar-refractivity contribution in [2.75, 3.05) is 5.32 Å². The molecule has 0 unspecified atom stereocenters. The molecule has 3 aromatic carbocycles. The van der Waals surface area contributed by atoms with Gasteiger partial charge in [0, 0.05) is 17.3 Å². The molecule has 1 heterocycles. The summed E-state index contributed by atoms with van der Waals surface area (Å²) in [6, 6.07) is 20.6. The molecule has 1 aromatic heterocycles. The van der Waals surface area contributed by atoms with Crippen LogP contribution < -0.4 is 10.1 Å². The zero-order chi connectivity index (χ0) is 22.5. The fourth-order valence-electron chi connectivity index (χ4n) is 3.07. The van der Waals surface area contributed by atoms with Crippen molar-refractivity contribution in [1.82, 2.24) is 9.78 Å². The minimum atomic E-state index is -0.373. The van der Waals surface area contributed by atoms with Crippen LogP contribution in [-0.2, 0) is 13.2 Å². The molecule has 162 valence electrons. The Balaban J connectivity index is 1.43. The number of carbonyl (C=O) groups is 1. The monoisotopic (exact) mass is 469 g/mol. The van der Waals surface area contributed by atoms with E-state index in [9.17, 15) is 9.18 Å². The van der Waals surface area contributed by atoms with Gasteiger partial charge in [0.15, 0.2) is 5.82 Å². The molecule has 32 heavy (non-hydrogen) atoms. The number of amides is 1. The van der Waals surface area contributed by atoms with Gasteiger partial charge in [-0.2, -0.15) is 5.10 Å². The molecule has 0 saturated carbocycles. The van der Waals surface area contributed by atoms with Crippen molar-refractivity contribution in [3.05, 3.63) is 112 Å². The van der Waals surface area contributed by atoms with Gasteiger partial charge in [-0.15, -0.1) is 0 Å². The van der Waals surface area contributed by atoms with Crippen molar-refractivity contribution in [1.29, 1.82) is 0 Å². The Kier molecular flexibility index (Phi) is 6.73. The smallest absolute Gasteiger partial charge is 0.256 e. The predicted molar refractivity (Wildman–Crippen MR) is 123 cm³/mol. The van der Waals surface area contributed by atoms with Crippen LogP contribution in [0.5, 0.6) is 5.75 Å². The second-order valence-electron chi connectivity index (χ2n) is 6.99. The van der Waals surface area contributed by atoms with E-state index in [1.807, 2.05) is 18.2 Å². The maximum Gasteiger partial charge on any atom is 0.256 e. The van der Waals surface area contributed by atoms with Crippen LogP contribution in [-0.4, -0.2) is 15.7 Å². The number of nitrogens with one attached hydrogen (secondary N) is 1. The summed E-state index contributed by atoms with van der Waals surface area (Å²) < 4.78 is 21.1. The summed E-state index contributed by atoms with van der Waals surface area (Å²) in [5.74, 6) is 0.0603. The summed E-state index contributed by atoms with van der Waals surface area (Å²) >= 11 is 12.3. The second kappa shape index (κ2) is 9.85. The molecule has 1 N–H and O–H groups in total. The highest BCUT2D eigenvalue weighted by molar-refractivity contribution is 6.33. The Morgan fingerprint density at radius 2 is 1.78 bits per heavy atom. The van der Waals surface area contributed by atoms with Gasteiger partial charge in [-0.3, -0.25) is 9.48 Å². The Labute approximate surface area is 194 Å². The molecule has 4 rings (SSSR count). The predicted octanol–water partition coefficient (Wildman–Crippen LogP) is 6.21. The van der Waals surface area contributed by atoms with E-state index in [0.29, 0.717) is 21.9 Å². The largest absolute Gasteiger partial charge is 0.487 e. The first-order valence-corrected chi connectivity index (χ1v) is 10.5. The van der Waals surface area contributed by atoms with E-state index in [-0.39, 0.29) is 35.7 Å². The Morgan fingerprint density at radius 1 is 1.00 bits per heavy atom. The first kappa shape index (κ1) is 21.9. The number of nitrogens with zero attached hydrogens (tertiary/aromatic N) is 2. The average Bonchev–Trinajstić information content (AvgIpc) is 3.13. The molecule has 0 saturated heterocycles. The van der Waals surface area contributed by atoms with Gasteiger partial charge < -0.3 is 10.1 Å². The van der Waals surface area contributed by atoms with Crippen LogP contribution in [0, 0.1) is 5.82 Å². The Hall–Kier alpha value is -3.35. The number of hydrogen-bond donors (Lipinski definition) is 1. The summed E-state index contributed by atoms with van der Waals surface area (Å²) in [5, 5.41) is 7.74. The number of hydrogen-bond acceptors (Lipinski definition) is 3. The molecule has 0 aliphatic heterocycles. The SMILES string of the molecule is O=C(Nc1nn(Cc2ccccc2F)cc1Cl)c1cccc(COc2ccccc2Cl)c1. The van der Waals surface area contributed by atoms with Gasteiger partial charge in [-0.1, -0.05) is 65.7 Å². The van der Waals surface area contributed by atoms with E-state index in [1.54, 1.807) is 48.5 Å². The number of anilines is 1. The maximum absolute atomic E-state index is 13.9. The van der Waals surface area contributed by atoms with Crippen LogP contribution in [0.1, 0.15) is 21.5 Å². The summed E-state index contributed by atoms with van der Waals surface area (Å²) in [6.07, 6.45) is 1.54. The molecule has 0 spiro atoms. The third kappa shape index (κ3) is 5.28. The molecular formula is C24H18Cl2FN3O2.